The highest BCUT2D eigenvalue weighted by Gasteiger charge is 2.31. The Hall–Kier alpha value is -1.56. The van der Waals surface area contributed by atoms with Gasteiger partial charge < -0.3 is 15.7 Å². The van der Waals surface area contributed by atoms with Gasteiger partial charge in [-0.2, -0.15) is 0 Å². The van der Waals surface area contributed by atoms with Crippen LogP contribution in [0.1, 0.15) is 9.67 Å². The number of carbonyl (C=O) groups excluding carboxylic acids is 1. The van der Waals surface area contributed by atoms with Crippen molar-refractivity contribution in [1.82, 2.24) is 0 Å². The molecule has 1 aliphatic heterocycles. The Morgan fingerprint density at radius 2 is 2.20 bits per heavy atom. The van der Waals surface area contributed by atoms with Gasteiger partial charge in [-0.25, -0.2) is 4.79 Å². The summed E-state index contributed by atoms with van der Waals surface area (Å²) in [5, 5.41) is 10.5. The SMILES string of the molecule is NC(=O)C1CN(c2csc(C(=O)O)c2)C1. The van der Waals surface area contributed by atoms with Crippen molar-refractivity contribution in [2.75, 3.05) is 18.0 Å². The minimum atomic E-state index is -0.918. The van der Waals surface area contributed by atoms with Crippen LogP contribution in [0.5, 0.6) is 0 Å². The molecule has 0 unspecified atom stereocenters. The predicted octanol–water partition coefficient (Wildman–Crippen LogP) is 0.368. The Labute approximate surface area is 90.1 Å². The van der Waals surface area contributed by atoms with Gasteiger partial charge in [0.25, 0.3) is 0 Å². The van der Waals surface area contributed by atoms with Gasteiger partial charge in [0.2, 0.25) is 5.91 Å². The molecular weight excluding hydrogens is 216 g/mol. The number of nitrogens with zero attached hydrogens (tertiary/aromatic N) is 1. The number of hydrogen-bond donors (Lipinski definition) is 2. The van der Waals surface area contributed by atoms with E-state index in [4.69, 9.17) is 10.8 Å². The fourth-order valence-electron chi connectivity index (χ4n) is 1.47. The van der Waals surface area contributed by atoms with Gasteiger partial charge >= 0.3 is 5.97 Å². The quantitative estimate of drug-likeness (QED) is 0.779. The molecule has 0 aromatic carbocycles. The van der Waals surface area contributed by atoms with Crippen LogP contribution < -0.4 is 10.6 Å². The summed E-state index contributed by atoms with van der Waals surface area (Å²) in [5.74, 6) is -1.31. The molecule has 1 fully saturated rings. The van der Waals surface area contributed by atoms with E-state index >= 15 is 0 Å². The van der Waals surface area contributed by atoms with Crippen molar-refractivity contribution < 1.29 is 14.7 Å². The summed E-state index contributed by atoms with van der Waals surface area (Å²) >= 11 is 1.19. The number of rotatable bonds is 3. The first-order valence-corrected chi connectivity index (χ1v) is 5.32. The monoisotopic (exact) mass is 226 g/mol. The van der Waals surface area contributed by atoms with E-state index in [0.717, 1.165) is 5.69 Å². The molecule has 2 rings (SSSR count). The lowest BCUT2D eigenvalue weighted by atomic mass is 9.99. The number of carboxylic acids is 1. The number of thiophene rings is 1. The minimum absolute atomic E-state index is 0.0989. The molecule has 0 aliphatic carbocycles. The highest BCUT2D eigenvalue weighted by atomic mass is 32.1. The third-order valence-electron chi connectivity index (χ3n) is 2.45. The second kappa shape index (κ2) is 3.54. The maximum Gasteiger partial charge on any atom is 0.345 e. The summed E-state index contributed by atoms with van der Waals surface area (Å²) < 4.78 is 0. The molecule has 6 heteroatoms. The summed E-state index contributed by atoms with van der Waals surface area (Å²) in [6, 6.07) is 1.62. The predicted molar refractivity (Wildman–Crippen MR) is 56.2 cm³/mol. The number of primary amides is 1. The van der Waals surface area contributed by atoms with Crippen LogP contribution in [0.15, 0.2) is 11.4 Å². The smallest absolute Gasteiger partial charge is 0.345 e. The summed E-state index contributed by atoms with van der Waals surface area (Å²) in [6.45, 7) is 1.18. The molecule has 1 aliphatic rings. The molecule has 0 spiro atoms. The van der Waals surface area contributed by atoms with Crippen LogP contribution in [0, 0.1) is 5.92 Å². The van der Waals surface area contributed by atoms with E-state index in [9.17, 15) is 9.59 Å². The molecule has 0 bridgehead atoms. The van der Waals surface area contributed by atoms with E-state index in [2.05, 4.69) is 0 Å². The molecule has 1 aromatic rings. The summed E-state index contributed by atoms with van der Waals surface area (Å²) in [4.78, 5) is 23.7. The minimum Gasteiger partial charge on any atom is -0.477 e. The number of anilines is 1. The number of carboxylic acid groups (broad SMARTS) is 1. The van der Waals surface area contributed by atoms with E-state index in [-0.39, 0.29) is 11.8 Å². The Balaban J connectivity index is 2.01. The van der Waals surface area contributed by atoms with Crippen LogP contribution >= 0.6 is 11.3 Å². The van der Waals surface area contributed by atoms with Gasteiger partial charge in [-0.05, 0) is 6.07 Å². The molecule has 3 N–H and O–H groups in total. The lowest BCUT2D eigenvalue weighted by Gasteiger charge is -2.38. The molecule has 0 radical (unpaired) electrons. The molecule has 1 saturated heterocycles. The van der Waals surface area contributed by atoms with Crippen LogP contribution in [0.2, 0.25) is 0 Å². The first-order chi connectivity index (χ1) is 7.08. The molecule has 80 valence electrons. The molecule has 0 saturated carbocycles. The second-order valence-electron chi connectivity index (χ2n) is 3.48. The van der Waals surface area contributed by atoms with Gasteiger partial charge in [0, 0.05) is 24.2 Å². The highest BCUT2D eigenvalue weighted by molar-refractivity contribution is 7.12. The van der Waals surface area contributed by atoms with Crippen molar-refractivity contribution >= 4 is 28.9 Å². The summed E-state index contributed by atoms with van der Waals surface area (Å²) in [7, 11) is 0. The number of carbonyl (C=O) groups is 2. The first-order valence-electron chi connectivity index (χ1n) is 4.44. The molecule has 1 amide bonds. The third kappa shape index (κ3) is 1.80. The van der Waals surface area contributed by atoms with Gasteiger partial charge in [0.15, 0.2) is 0 Å². The largest absolute Gasteiger partial charge is 0.477 e. The lowest BCUT2D eigenvalue weighted by molar-refractivity contribution is -0.122. The van der Waals surface area contributed by atoms with E-state index < -0.39 is 5.97 Å². The zero-order chi connectivity index (χ0) is 11.0. The number of aromatic carboxylic acids is 1. The van der Waals surface area contributed by atoms with E-state index in [1.807, 2.05) is 4.90 Å². The average molecular weight is 226 g/mol. The van der Waals surface area contributed by atoms with Crippen LogP contribution in [-0.2, 0) is 4.79 Å². The number of hydrogen-bond acceptors (Lipinski definition) is 4. The Morgan fingerprint density at radius 1 is 1.53 bits per heavy atom. The number of amides is 1. The molecule has 2 heterocycles. The maximum atomic E-state index is 10.8. The molecular formula is C9H10N2O3S. The lowest BCUT2D eigenvalue weighted by Crippen LogP contribution is -2.52. The van der Waals surface area contributed by atoms with Gasteiger partial charge in [0.05, 0.1) is 5.92 Å². The van der Waals surface area contributed by atoms with Crippen LogP contribution in [0.4, 0.5) is 5.69 Å². The van der Waals surface area contributed by atoms with Crippen LogP contribution in [-0.4, -0.2) is 30.1 Å². The topological polar surface area (TPSA) is 83.6 Å². The second-order valence-corrected chi connectivity index (χ2v) is 4.39. The van der Waals surface area contributed by atoms with Crippen LogP contribution in [0.3, 0.4) is 0 Å². The van der Waals surface area contributed by atoms with Crippen molar-refractivity contribution in [3.8, 4) is 0 Å². The Kier molecular flexibility index (Phi) is 2.36. The molecule has 5 nitrogen and oxygen atoms in total. The fraction of sp³-hybridized carbons (Fsp3) is 0.333. The normalized spacial score (nSPS) is 16.1. The third-order valence-corrected chi connectivity index (χ3v) is 3.35. The maximum absolute atomic E-state index is 10.8. The zero-order valence-electron chi connectivity index (χ0n) is 7.84. The van der Waals surface area contributed by atoms with E-state index in [1.54, 1.807) is 11.4 Å². The highest BCUT2D eigenvalue weighted by Crippen LogP contribution is 2.29. The molecule has 1 aromatic heterocycles. The van der Waals surface area contributed by atoms with Gasteiger partial charge in [0.1, 0.15) is 4.88 Å². The van der Waals surface area contributed by atoms with Crippen molar-refractivity contribution in [3.63, 3.8) is 0 Å². The average Bonchev–Trinajstić information content (AvgIpc) is 2.49. The summed E-state index contributed by atoms with van der Waals surface area (Å²) in [5.41, 5.74) is 5.99. The van der Waals surface area contributed by atoms with Gasteiger partial charge in [-0.3, -0.25) is 4.79 Å². The summed E-state index contributed by atoms with van der Waals surface area (Å²) in [6.07, 6.45) is 0. The van der Waals surface area contributed by atoms with E-state index in [0.29, 0.717) is 18.0 Å². The van der Waals surface area contributed by atoms with Crippen molar-refractivity contribution in [1.29, 1.82) is 0 Å². The van der Waals surface area contributed by atoms with Crippen molar-refractivity contribution in [3.05, 3.63) is 16.3 Å². The van der Waals surface area contributed by atoms with E-state index in [1.165, 1.54) is 11.3 Å². The molecule has 0 atom stereocenters. The first kappa shape index (κ1) is 9.97. The van der Waals surface area contributed by atoms with Crippen LogP contribution in [0.25, 0.3) is 0 Å². The Bertz CT molecular complexity index is 409. The standard InChI is InChI=1S/C9H10N2O3S/c10-8(12)5-2-11(3-5)6-1-7(9(13)14)15-4-6/h1,4-5H,2-3H2,(H2,10,12)(H,13,14). The Morgan fingerprint density at radius 3 is 2.67 bits per heavy atom. The molecule has 15 heavy (non-hydrogen) atoms. The number of nitrogens with two attached hydrogens (primary N) is 1. The van der Waals surface area contributed by atoms with Gasteiger partial charge in [-0.15, -0.1) is 11.3 Å². The fourth-order valence-corrected chi connectivity index (χ4v) is 2.23. The van der Waals surface area contributed by atoms with Crippen molar-refractivity contribution in [2.24, 2.45) is 11.7 Å². The van der Waals surface area contributed by atoms with Crippen molar-refractivity contribution in [2.45, 2.75) is 0 Å². The zero-order valence-corrected chi connectivity index (χ0v) is 8.66. The van der Waals surface area contributed by atoms with Gasteiger partial charge in [-0.1, -0.05) is 0 Å².